The fraction of sp³-hybridized carbons (Fsp3) is 0.0588. The van der Waals surface area contributed by atoms with Crippen molar-refractivity contribution in [2.75, 3.05) is 5.43 Å². The molecule has 2 aromatic rings. The molecule has 0 aromatic heterocycles. The molecule has 1 N–H and O–H groups in total. The second kappa shape index (κ2) is 8.06. The van der Waals surface area contributed by atoms with Crippen LogP contribution in [-0.2, 0) is 6.18 Å². The highest BCUT2D eigenvalue weighted by molar-refractivity contribution is 7.99. The van der Waals surface area contributed by atoms with Crippen molar-refractivity contribution >= 4 is 23.2 Å². The molecular formula is C17H8F3N5S. The van der Waals surface area contributed by atoms with Crippen molar-refractivity contribution < 1.29 is 13.2 Å². The van der Waals surface area contributed by atoms with E-state index in [-0.39, 0.29) is 11.3 Å². The maximum atomic E-state index is 12.8. The number of alkyl halides is 3. The van der Waals surface area contributed by atoms with Gasteiger partial charge in [-0.25, -0.2) is 0 Å². The van der Waals surface area contributed by atoms with E-state index in [9.17, 15) is 13.2 Å². The number of halogens is 3. The molecular weight excluding hydrogens is 363 g/mol. The SMILES string of the molecule is N#CC(C#N)=NNc1cc(C#N)ccc1Sc1cccc(C(F)(F)F)c1. The molecule has 2 rings (SSSR count). The molecule has 0 saturated heterocycles. The summed E-state index contributed by atoms with van der Waals surface area (Å²) >= 11 is 1.02. The van der Waals surface area contributed by atoms with Gasteiger partial charge in [-0.3, -0.25) is 5.43 Å². The minimum Gasteiger partial charge on any atom is -0.275 e. The van der Waals surface area contributed by atoms with Crippen LogP contribution in [0.1, 0.15) is 11.1 Å². The third-order valence-electron chi connectivity index (χ3n) is 3.00. The number of nitriles is 3. The highest BCUT2D eigenvalue weighted by Crippen LogP contribution is 2.37. The van der Waals surface area contributed by atoms with Crippen molar-refractivity contribution in [2.45, 2.75) is 16.0 Å². The Hall–Kier alpha value is -3.48. The lowest BCUT2D eigenvalue weighted by Gasteiger charge is -2.11. The number of hydrogen-bond acceptors (Lipinski definition) is 6. The lowest BCUT2D eigenvalue weighted by Crippen LogP contribution is -2.04. The van der Waals surface area contributed by atoms with Crippen LogP contribution < -0.4 is 5.43 Å². The Bertz CT molecular complexity index is 962. The quantitative estimate of drug-likeness (QED) is 0.629. The van der Waals surface area contributed by atoms with E-state index in [1.54, 1.807) is 18.2 Å². The number of nitrogens with zero attached hydrogens (tertiary/aromatic N) is 4. The molecule has 0 bridgehead atoms. The van der Waals surface area contributed by atoms with E-state index in [0.29, 0.717) is 9.79 Å². The first-order chi connectivity index (χ1) is 12.4. The molecule has 0 amide bonds. The lowest BCUT2D eigenvalue weighted by atomic mass is 10.2. The van der Waals surface area contributed by atoms with Crippen LogP contribution in [0.4, 0.5) is 18.9 Å². The lowest BCUT2D eigenvalue weighted by molar-refractivity contribution is -0.137. The van der Waals surface area contributed by atoms with E-state index in [1.165, 1.54) is 24.3 Å². The number of anilines is 1. The summed E-state index contributed by atoms with van der Waals surface area (Å²) in [5, 5.41) is 30.0. The summed E-state index contributed by atoms with van der Waals surface area (Å²) in [7, 11) is 0. The van der Waals surface area contributed by atoms with Crippen molar-refractivity contribution in [1.82, 2.24) is 0 Å². The third-order valence-corrected chi connectivity index (χ3v) is 4.06. The molecule has 0 atom stereocenters. The number of hydrazone groups is 1. The number of hydrogen-bond donors (Lipinski definition) is 1. The summed E-state index contributed by atoms with van der Waals surface area (Å²) in [4.78, 5) is 0.805. The largest absolute Gasteiger partial charge is 0.416 e. The van der Waals surface area contributed by atoms with Gasteiger partial charge in [0.05, 0.1) is 22.9 Å². The zero-order valence-corrected chi connectivity index (χ0v) is 13.7. The Morgan fingerprint density at radius 1 is 1.04 bits per heavy atom. The first-order valence-corrected chi connectivity index (χ1v) is 7.72. The highest BCUT2D eigenvalue weighted by atomic mass is 32.2. The normalized spacial score (nSPS) is 10.2. The summed E-state index contributed by atoms with van der Waals surface area (Å²) in [5.41, 5.74) is 1.87. The van der Waals surface area contributed by atoms with Gasteiger partial charge >= 0.3 is 6.18 Å². The number of rotatable bonds is 4. The minimum absolute atomic E-state index is 0.284. The summed E-state index contributed by atoms with van der Waals surface area (Å²) in [6.45, 7) is 0. The predicted octanol–water partition coefficient (Wildman–Crippen LogP) is 4.54. The van der Waals surface area contributed by atoms with Gasteiger partial charge in [-0.1, -0.05) is 17.8 Å². The summed E-state index contributed by atoms with van der Waals surface area (Å²) < 4.78 is 38.5. The molecule has 0 aliphatic heterocycles. The molecule has 2 aromatic carbocycles. The molecule has 0 fully saturated rings. The van der Waals surface area contributed by atoms with Gasteiger partial charge in [0.25, 0.3) is 0 Å². The van der Waals surface area contributed by atoms with Gasteiger partial charge in [-0.05, 0) is 36.4 Å². The van der Waals surface area contributed by atoms with Crippen molar-refractivity contribution in [2.24, 2.45) is 5.10 Å². The molecule has 0 radical (unpaired) electrons. The van der Waals surface area contributed by atoms with Crippen LogP contribution in [0.15, 0.2) is 57.4 Å². The zero-order valence-electron chi connectivity index (χ0n) is 12.9. The Labute approximate surface area is 151 Å². The predicted molar refractivity (Wildman–Crippen MR) is 89.0 cm³/mol. The Balaban J connectivity index is 2.38. The van der Waals surface area contributed by atoms with Gasteiger partial charge in [0.15, 0.2) is 0 Å². The number of benzene rings is 2. The van der Waals surface area contributed by atoms with Crippen LogP contribution in [-0.4, -0.2) is 5.71 Å². The molecule has 128 valence electrons. The van der Waals surface area contributed by atoms with Gasteiger partial charge in [-0.2, -0.15) is 34.1 Å². The summed E-state index contributed by atoms with van der Waals surface area (Å²) in [5.74, 6) is 0. The fourth-order valence-electron chi connectivity index (χ4n) is 1.83. The number of nitrogens with one attached hydrogen (secondary N) is 1. The zero-order chi connectivity index (χ0) is 19.2. The first kappa shape index (κ1) is 18.9. The summed E-state index contributed by atoms with van der Waals surface area (Å²) in [6, 6.07) is 14.3. The Kier molecular flexibility index (Phi) is 5.85. The molecule has 0 heterocycles. The molecule has 0 unspecified atom stereocenters. The molecule has 0 aliphatic rings. The van der Waals surface area contributed by atoms with E-state index >= 15 is 0 Å². The topological polar surface area (TPSA) is 95.8 Å². The van der Waals surface area contributed by atoms with E-state index in [4.69, 9.17) is 15.8 Å². The molecule has 26 heavy (non-hydrogen) atoms. The third kappa shape index (κ3) is 4.76. The van der Waals surface area contributed by atoms with E-state index in [0.717, 1.165) is 23.9 Å². The maximum Gasteiger partial charge on any atom is 0.416 e. The molecule has 0 aliphatic carbocycles. The van der Waals surface area contributed by atoms with E-state index in [2.05, 4.69) is 10.5 Å². The Morgan fingerprint density at radius 3 is 2.38 bits per heavy atom. The second-order valence-electron chi connectivity index (χ2n) is 4.75. The van der Waals surface area contributed by atoms with E-state index in [1.807, 2.05) is 6.07 Å². The Morgan fingerprint density at radius 2 is 1.77 bits per heavy atom. The molecule has 0 saturated carbocycles. The maximum absolute atomic E-state index is 12.8. The smallest absolute Gasteiger partial charge is 0.275 e. The average Bonchev–Trinajstić information content (AvgIpc) is 2.63. The average molecular weight is 371 g/mol. The molecule has 5 nitrogen and oxygen atoms in total. The van der Waals surface area contributed by atoms with Crippen LogP contribution in [0.5, 0.6) is 0 Å². The van der Waals surface area contributed by atoms with E-state index < -0.39 is 17.5 Å². The van der Waals surface area contributed by atoms with Gasteiger partial charge in [0, 0.05) is 9.79 Å². The van der Waals surface area contributed by atoms with Gasteiger partial charge in [0.2, 0.25) is 5.71 Å². The monoisotopic (exact) mass is 371 g/mol. The fourth-order valence-corrected chi connectivity index (χ4v) is 2.77. The van der Waals surface area contributed by atoms with Crippen LogP contribution >= 0.6 is 11.8 Å². The second-order valence-corrected chi connectivity index (χ2v) is 5.86. The van der Waals surface area contributed by atoms with Crippen molar-refractivity contribution in [3.05, 3.63) is 53.6 Å². The first-order valence-electron chi connectivity index (χ1n) is 6.90. The highest BCUT2D eigenvalue weighted by Gasteiger charge is 2.30. The van der Waals surface area contributed by atoms with Gasteiger partial charge < -0.3 is 0 Å². The molecule has 9 heteroatoms. The van der Waals surface area contributed by atoms with Crippen molar-refractivity contribution in [3.8, 4) is 18.2 Å². The van der Waals surface area contributed by atoms with Crippen molar-refractivity contribution in [1.29, 1.82) is 15.8 Å². The van der Waals surface area contributed by atoms with Crippen LogP contribution in [0.2, 0.25) is 0 Å². The van der Waals surface area contributed by atoms with Crippen LogP contribution in [0.3, 0.4) is 0 Å². The van der Waals surface area contributed by atoms with Gasteiger partial charge in [-0.15, -0.1) is 0 Å². The van der Waals surface area contributed by atoms with Gasteiger partial charge in [0.1, 0.15) is 12.1 Å². The molecule has 0 spiro atoms. The summed E-state index contributed by atoms with van der Waals surface area (Å²) in [6.07, 6.45) is -4.46. The van der Waals surface area contributed by atoms with Crippen LogP contribution in [0, 0.1) is 34.0 Å². The van der Waals surface area contributed by atoms with Crippen LogP contribution in [0.25, 0.3) is 0 Å². The standard InChI is InChI=1S/C17H8F3N5S/c18-17(19,20)12-2-1-3-14(7-12)26-16-5-4-11(8-21)6-15(16)25-24-13(9-22)10-23/h1-7,25H. The van der Waals surface area contributed by atoms with Crippen molar-refractivity contribution in [3.63, 3.8) is 0 Å². The minimum atomic E-state index is -4.46.